The summed E-state index contributed by atoms with van der Waals surface area (Å²) in [5.74, 6) is 0.715. The summed E-state index contributed by atoms with van der Waals surface area (Å²) < 4.78 is 5.54. The summed E-state index contributed by atoms with van der Waals surface area (Å²) in [5.41, 5.74) is 1.35. The summed E-state index contributed by atoms with van der Waals surface area (Å²) in [5, 5.41) is 23.7. The molecule has 0 aliphatic heterocycles. The molecule has 0 amide bonds. The first-order chi connectivity index (χ1) is 10.6. The Bertz CT molecular complexity index is 646. The van der Waals surface area contributed by atoms with E-state index in [4.69, 9.17) is 4.74 Å². The van der Waals surface area contributed by atoms with Gasteiger partial charge < -0.3 is 15.2 Å². The molecule has 6 nitrogen and oxygen atoms in total. The highest BCUT2D eigenvalue weighted by Crippen LogP contribution is 2.23. The number of hydrogen-bond acceptors (Lipinski definition) is 5. The zero-order valence-corrected chi connectivity index (χ0v) is 12.2. The van der Waals surface area contributed by atoms with Gasteiger partial charge in [-0.05, 0) is 24.6 Å². The Kier molecular flexibility index (Phi) is 5.32. The molecule has 0 radical (unpaired) electrons. The van der Waals surface area contributed by atoms with Crippen molar-refractivity contribution >= 4 is 11.4 Å². The highest BCUT2D eigenvalue weighted by Gasteiger charge is 2.13. The number of rotatable bonds is 7. The number of anilines is 1. The molecule has 0 saturated heterocycles. The molecule has 1 unspecified atom stereocenters. The number of nitro groups is 1. The van der Waals surface area contributed by atoms with Crippen molar-refractivity contribution in [1.82, 2.24) is 0 Å². The second-order valence-electron chi connectivity index (χ2n) is 4.89. The van der Waals surface area contributed by atoms with Crippen molar-refractivity contribution in [2.75, 3.05) is 18.5 Å². The summed E-state index contributed by atoms with van der Waals surface area (Å²) >= 11 is 0. The molecule has 6 heteroatoms. The summed E-state index contributed by atoms with van der Waals surface area (Å²) in [6.45, 7) is 2.20. The molecule has 0 heterocycles. The molecule has 2 aromatic carbocycles. The monoisotopic (exact) mass is 302 g/mol. The van der Waals surface area contributed by atoms with Crippen molar-refractivity contribution in [3.05, 3.63) is 64.2 Å². The zero-order chi connectivity index (χ0) is 15.9. The van der Waals surface area contributed by atoms with Crippen molar-refractivity contribution in [2.45, 2.75) is 13.0 Å². The van der Waals surface area contributed by atoms with Gasteiger partial charge in [-0.1, -0.05) is 30.3 Å². The van der Waals surface area contributed by atoms with Gasteiger partial charge in [-0.3, -0.25) is 10.1 Å². The maximum atomic E-state index is 10.9. The Morgan fingerprint density at radius 2 is 1.91 bits per heavy atom. The molecule has 0 spiro atoms. The van der Waals surface area contributed by atoms with E-state index in [1.54, 1.807) is 18.2 Å². The number of nitro benzene ring substituents is 1. The third kappa shape index (κ3) is 4.20. The summed E-state index contributed by atoms with van der Waals surface area (Å²) in [4.78, 5) is 10.4. The lowest BCUT2D eigenvalue weighted by Crippen LogP contribution is -2.26. The Balaban J connectivity index is 1.87. The minimum Gasteiger partial charge on any atom is -0.491 e. The van der Waals surface area contributed by atoms with Crippen LogP contribution in [0.5, 0.6) is 5.75 Å². The van der Waals surface area contributed by atoms with Crippen LogP contribution in [0.1, 0.15) is 5.56 Å². The highest BCUT2D eigenvalue weighted by atomic mass is 16.6. The van der Waals surface area contributed by atoms with Crippen LogP contribution in [-0.4, -0.2) is 29.3 Å². The molecule has 2 N–H and O–H groups in total. The van der Waals surface area contributed by atoms with Crippen molar-refractivity contribution in [2.24, 2.45) is 0 Å². The molecule has 2 rings (SSSR count). The smallest absolute Gasteiger partial charge is 0.292 e. The summed E-state index contributed by atoms with van der Waals surface area (Å²) in [7, 11) is 0. The van der Waals surface area contributed by atoms with Crippen LogP contribution < -0.4 is 10.1 Å². The fourth-order valence-electron chi connectivity index (χ4n) is 1.97. The van der Waals surface area contributed by atoms with E-state index in [9.17, 15) is 15.2 Å². The van der Waals surface area contributed by atoms with Crippen LogP contribution in [0.15, 0.2) is 48.5 Å². The molecule has 0 bridgehead atoms. The lowest BCUT2D eigenvalue weighted by atomic mass is 10.2. The number of ether oxygens (including phenoxy) is 1. The van der Waals surface area contributed by atoms with Gasteiger partial charge in [-0.25, -0.2) is 0 Å². The molecule has 0 aliphatic rings. The minimum atomic E-state index is -0.778. The van der Waals surface area contributed by atoms with E-state index in [1.807, 2.05) is 31.2 Å². The molecule has 0 aliphatic carbocycles. The maximum absolute atomic E-state index is 10.9. The molecule has 0 fully saturated rings. The fourth-order valence-corrected chi connectivity index (χ4v) is 1.97. The quantitative estimate of drug-likeness (QED) is 0.607. The fraction of sp³-hybridized carbons (Fsp3) is 0.250. The van der Waals surface area contributed by atoms with Crippen molar-refractivity contribution < 1.29 is 14.8 Å². The van der Waals surface area contributed by atoms with E-state index in [1.165, 1.54) is 6.07 Å². The van der Waals surface area contributed by atoms with E-state index < -0.39 is 11.0 Å². The first-order valence-electron chi connectivity index (χ1n) is 6.91. The standard InChI is InChI=1S/C16H18N2O4/c1-12-6-2-5-9-16(12)22-11-13(19)10-17-14-7-3-4-8-15(14)18(20)21/h2-9,13,17,19H,10-11H2,1H3. The summed E-state index contributed by atoms with van der Waals surface area (Å²) in [6.07, 6.45) is -0.778. The number of nitrogens with zero attached hydrogens (tertiary/aromatic N) is 1. The van der Waals surface area contributed by atoms with Gasteiger partial charge in [0.2, 0.25) is 0 Å². The normalized spacial score (nSPS) is 11.7. The Morgan fingerprint density at radius 3 is 2.64 bits per heavy atom. The van der Waals surface area contributed by atoms with Crippen LogP contribution in [0.2, 0.25) is 0 Å². The van der Waals surface area contributed by atoms with E-state index in [0.717, 1.165) is 5.56 Å². The SMILES string of the molecule is Cc1ccccc1OCC(O)CNc1ccccc1[N+](=O)[O-]. The van der Waals surface area contributed by atoms with Crippen LogP contribution in [0, 0.1) is 17.0 Å². The third-order valence-electron chi connectivity index (χ3n) is 3.15. The molecule has 0 saturated carbocycles. The van der Waals surface area contributed by atoms with Gasteiger partial charge in [0, 0.05) is 12.6 Å². The number of aliphatic hydroxyl groups excluding tert-OH is 1. The second-order valence-corrected chi connectivity index (χ2v) is 4.89. The van der Waals surface area contributed by atoms with Gasteiger partial charge in [0.25, 0.3) is 5.69 Å². The molecule has 116 valence electrons. The van der Waals surface area contributed by atoms with Crippen molar-refractivity contribution in [1.29, 1.82) is 0 Å². The number of hydrogen-bond donors (Lipinski definition) is 2. The maximum Gasteiger partial charge on any atom is 0.292 e. The minimum absolute atomic E-state index is 0.0190. The van der Waals surface area contributed by atoms with E-state index in [-0.39, 0.29) is 18.8 Å². The Labute approximate surface area is 128 Å². The van der Waals surface area contributed by atoms with Crippen LogP contribution in [0.3, 0.4) is 0 Å². The number of aliphatic hydroxyl groups is 1. The average Bonchev–Trinajstić information content (AvgIpc) is 2.52. The van der Waals surface area contributed by atoms with Crippen LogP contribution in [0.25, 0.3) is 0 Å². The van der Waals surface area contributed by atoms with Crippen molar-refractivity contribution in [3.8, 4) is 5.75 Å². The predicted molar refractivity (Wildman–Crippen MR) is 84.3 cm³/mol. The topological polar surface area (TPSA) is 84.6 Å². The molecule has 0 aromatic heterocycles. The van der Waals surface area contributed by atoms with Gasteiger partial charge in [-0.15, -0.1) is 0 Å². The number of nitrogens with one attached hydrogen (secondary N) is 1. The van der Waals surface area contributed by atoms with Crippen molar-refractivity contribution in [3.63, 3.8) is 0 Å². The molecule has 2 aromatic rings. The van der Waals surface area contributed by atoms with Gasteiger partial charge in [-0.2, -0.15) is 0 Å². The Hall–Kier alpha value is -2.60. The molecular formula is C16H18N2O4. The summed E-state index contributed by atoms with van der Waals surface area (Å²) in [6, 6.07) is 13.8. The first kappa shape index (κ1) is 15.8. The van der Waals surface area contributed by atoms with Gasteiger partial charge in [0.1, 0.15) is 24.1 Å². The number of para-hydroxylation sites is 3. The molecule has 22 heavy (non-hydrogen) atoms. The lowest BCUT2D eigenvalue weighted by Gasteiger charge is -2.15. The molecule has 1 atom stereocenters. The Morgan fingerprint density at radius 1 is 1.23 bits per heavy atom. The third-order valence-corrected chi connectivity index (χ3v) is 3.15. The van der Waals surface area contributed by atoms with Crippen LogP contribution in [-0.2, 0) is 0 Å². The number of benzene rings is 2. The largest absolute Gasteiger partial charge is 0.491 e. The van der Waals surface area contributed by atoms with Gasteiger partial charge in [0.15, 0.2) is 0 Å². The lowest BCUT2D eigenvalue weighted by molar-refractivity contribution is -0.384. The number of aryl methyl sites for hydroxylation is 1. The predicted octanol–water partition coefficient (Wildman–Crippen LogP) is 2.76. The van der Waals surface area contributed by atoms with Crippen LogP contribution >= 0.6 is 0 Å². The van der Waals surface area contributed by atoms with E-state index in [2.05, 4.69) is 5.32 Å². The second kappa shape index (κ2) is 7.42. The first-order valence-corrected chi connectivity index (χ1v) is 6.91. The van der Waals surface area contributed by atoms with E-state index in [0.29, 0.717) is 11.4 Å². The highest BCUT2D eigenvalue weighted by molar-refractivity contribution is 5.61. The average molecular weight is 302 g/mol. The van der Waals surface area contributed by atoms with E-state index >= 15 is 0 Å². The van der Waals surface area contributed by atoms with Gasteiger partial charge in [0.05, 0.1) is 4.92 Å². The van der Waals surface area contributed by atoms with Crippen LogP contribution in [0.4, 0.5) is 11.4 Å². The zero-order valence-electron chi connectivity index (χ0n) is 12.2. The molecular weight excluding hydrogens is 284 g/mol. The van der Waals surface area contributed by atoms with Gasteiger partial charge >= 0.3 is 0 Å².